The topological polar surface area (TPSA) is 112 Å². The summed E-state index contributed by atoms with van der Waals surface area (Å²) in [6, 6.07) is 4.44. The fraction of sp³-hybridized carbons (Fsp3) is 0.250. The fourth-order valence-electron chi connectivity index (χ4n) is 2.20. The van der Waals surface area contributed by atoms with E-state index < -0.39 is 4.92 Å². The third kappa shape index (κ3) is 4.33. The van der Waals surface area contributed by atoms with Crippen molar-refractivity contribution in [3.63, 3.8) is 0 Å². The van der Waals surface area contributed by atoms with Gasteiger partial charge in [0.15, 0.2) is 5.78 Å². The van der Waals surface area contributed by atoms with E-state index >= 15 is 0 Å². The lowest BCUT2D eigenvalue weighted by atomic mass is 10.1. The summed E-state index contributed by atoms with van der Waals surface area (Å²) in [7, 11) is 0. The lowest BCUT2D eigenvalue weighted by molar-refractivity contribution is -0.385. The van der Waals surface area contributed by atoms with Crippen molar-refractivity contribution < 1.29 is 14.1 Å². The summed E-state index contributed by atoms with van der Waals surface area (Å²) >= 11 is 2.65. The number of thiazole rings is 1. The van der Waals surface area contributed by atoms with Crippen LogP contribution in [0.2, 0.25) is 0 Å². The van der Waals surface area contributed by atoms with Crippen LogP contribution in [0, 0.1) is 24.0 Å². The fourth-order valence-corrected chi connectivity index (χ4v) is 3.49. The molecule has 0 bridgehead atoms. The van der Waals surface area contributed by atoms with Crippen molar-refractivity contribution in [2.45, 2.75) is 25.5 Å². The summed E-state index contributed by atoms with van der Waals surface area (Å²) in [5.74, 6) is 0.238. The summed E-state index contributed by atoms with van der Waals surface area (Å²) in [6.45, 7) is 3.55. The van der Waals surface area contributed by atoms with E-state index in [-0.39, 0.29) is 28.0 Å². The average molecular weight is 390 g/mol. The molecule has 10 heteroatoms. The molecule has 0 fully saturated rings. The molecule has 0 aliphatic heterocycles. The molecule has 26 heavy (non-hydrogen) atoms. The maximum absolute atomic E-state index is 12.3. The lowest BCUT2D eigenvalue weighted by Crippen LogP contribution is -2.04. The summed E-state index contributed by atoms with van der Waals surface area (Å²) in [5, 5.41) is 22.0. The molecule has 3 rings (SSSR count). The number of ketones is 1. The maximum atomic E-state index is 12.3. The minimum atomic E-state index is -0.496. The smallest absolute Gasteiger partial charge is 0.277 e. The van der Waals surface area contributed by atoms with E-state index in [9.17, 15) is 14.9 Å². The third-order valence-electron chi connectivity index (χ3n) is 3.50. The van der Waals surface area contributed by atoms with Gasteiger partial charge in [-0.1, -0.05) is 23.9 Å². The van der Waals surface area contributed by atoms with Crippen LogP contribution in [-0.2, 0) is 6.42 Å². The number of aromatic nitrogens is 3. The van der Waals surface area contributed by atoms with Gasteiger partial charge in [0.05, 0.1) is 27.8 Å². The Balaban J connectivity index is 1.61. The van der Waals surface area contributed by atoms with Gasteiger partial charge in [0.2, 0.25) is 5.89 Å². The Morgan fingerprint density at radius 1 is 1.35 bits per heavy atom. The molecule has 0 saturated carbocycles. The predicted octanol–water partition coefficient (Wildman–Crippen LogP) is 3.62. The van der Waals surface area contributed by atoms with Crippen LogP contribution in [0.5, 0.6) is 0 Å². The molecule has 0 aliphatic carbocycles. The monoisotopic (exact) mass is 390 g/mol. The molecule has 0 radical (unpaired) electrons. The third-order valence-corrected chi connectivity index (χ3v) is 5.14. The van der Waals surface area contributed by atoms with Gasteiger partial charge in [0.1, 0.15) is 0 Å². The van der Waals surface area contributed by atoms with Crippen LogP contribution < -0.4 is 0 Å². The van der Waals surface area contributed by atoms with E-state index in [0.717, 1.165) is 22.5 Å². The molecule has 8 nitrogen and oxygen atoms in total. The Bertz CT molecular complexity index is 967. The van der Waals surface area contributed by atoms with Crippen LogP contribution in [-0.4, -0.2) is 31.6 Å². The van der Waals surface area contributed by atoms with E-state index in [0.29, 0.717) is 17.9 Å². The molecule has 1 aromatic carbocycles. The predicted molar refractivity (Wildman–Crippen MR) is 96.8 cm³/mol. The Morgan fingerprint density at radius 3 is 2.85 bits per heavy atom. The minimum Gasteiger partial charge on any atom is -0.416 e. The summed E-state index contributed by atoms with van der Waals surface area (Å²) in [6.07, 6.45) is 0.440. The van der Waals surface area contributed by atoms with Gasteiger partial charge in [-0.3, -0.25) is 14.9 Å². The summed E-state index contributed by atoms with van der Waals surface area (Å²) in [4.78, 5) is 27.1. The van der Waals surface area contributed by atoms with Crippen LogP contribution in [0.4, 0.5) is 5.69 Å². The highest BCUT2D eigenvalue weighted by Crippen LogP contribution is 2.23. The van der Waals surface area contributed by atoms with Gasteiger partial charge in [-0.2, -0.15) is 0 Å². The second-order valence-corrected chi connectivity index (χ2v) is 7.46. The normalized spacial score (nSPS) is 10.8. The number of nitro groups is 1. The Morgan fingerprint density at radius 2 is 2.15 bits per heavy atom. The van der Waals surface area contributed by atoms with Crippen molar-refractivity contribution in [3.05, 3.63) is 61.4 Å². The highest BCUT2D eigenvalue weighted by atomic mass is 32.2. The number of Topliss-reactive ketones (excluding diaryl/α,β-unsaturated/α-hetero) is 1. The molecule has 0 saturated heterocycles. The van der Waals surface area contributed by atoms with E-state index in [1.54, 1.807) is 30.4 Å². The zero-order valence-corrected chi connectivity index (χ0v) is 15.6. The number of benzene rings is 1. The first-order valence-electron chi connectivity index (χ1n) is 7.57. The van der Waals surface area contributed by atoms with Gasteiger partial charge in [-0.15, -0.1) is 21.5 Å². The number of hydrogen-bond acceptors (Lipinski definition) is 9. The Labute approximate surface area is 156 Å². The molecule has 3 aromatic rings. The van der Waals surface area contributed by atoms with Crippen molar-refractivity contribution >= 4 is 34.6 Å². The number of nitrogens with zero attached hydrogens (tertiary/aromatic N) is 4. The number of nitro benzene ring substituents is 1. The van der Waals surface area contributed by atoms with Crippen molar-refractivity contribution in [2.75, 3.05) is 5.75 Å². The largest absolute Gasteiger partial charge is 0.416 e. The highest BCUT2D eigenvalue weighted by molar-refractivity contribution is 7.99. The second kappa shape index (κ2) is 7.75. The molecule has 0 N–H and O–H groups in total. The van der Waals surface area contributed by atoms with Gasteiger partial charge in [0, 0.05) is 22.6 Å². The van der Waals surface area contributed by atoms with Crippen LogP contribution in [0.15, 0.2) is 33.2 Å². The summed E-state index contributed by atoms with van der Waals surface area (Å²) < 4.78 is 5.51. The number of hydrogen-bond donors (Lipinski definition) is 0. The molecule has 0 amide bonds. The number of rotatable bonds is 7. The molecule has 2 heterocycles. The number of carbonyl (C=O) groups excluding carboxylic acids is 1. The van der Waals surface area contributed by atoms with Crippen LogP contribution in [0.3, 0.4) is 0 Å². The zero-order valence-electron chi connectivity index (χ0n) is 14.0. The van der Waals surface area contributed by atoms with E-state index in [2.05, 4.69) is 15.2 Å². The molecule has 0 unspecified atom stereocenters. The van der Waals surface area contributed by atoms with E-state index in [4.69, 9.17) is 4.42 Å². The second-order valence-electron chi connectivity index (χ2n) is 5.47. The molecule has 0 atom stereocenters. The first-order chi connectivity index (χ1) is 12.4. The zero-order chi connectivity index (χ0) is 18.7. The molecule has 0 spiro atoms. The maximum Gasteiger partial charge on any atom is 0.277 e. The molecular weight excluding hydrogens is 376 g/mol. The lowest BCUT2D eigenvalue weighted by Gasteiger charge is -2.01. The number of thioether (sulfide) groups is 1. The summed E-state index contributed by atoms with van der Waals surface area (Å²) in [5.41, 5.74) is 1.58. The van der Waals surface area contributed by atoms with Crippen molar-refractivity contribution in [1.82, 2.24) is 15.2 Å². The van der Waals surface area contributed by atoms with Gasteiger partial charge in [-0.25, -0.2) is 4.98 Å². The Kier molecular flexibility index (Phi) is 5.43. The van der Waals surface area contributed by atoms with Crippen LogP contribution >= 0.6 is 23.1 Å². The van der Waals surface area contributed by atoms with Crippen molar-refractivity contribution in [3.8, 4) is 0 Å². The first-order valence-corrected chi connectivity index (χ1v) is 9.43. The molecule has 134 valence electrons. The van der Waals surface area contributed by atoms with Gasteiger partial charge in [0.25, 0.3) is 10.9 Å². The van der Waals surface area contributed by atoms with Crippen molar-refractivity contribution in [2.24, 2.45) is 0 Å². The first kappa shape index (κ1) is 18.2. The standard InChI is InChI=1S/C16H14N4O4S2/c1-9-3-4-11(5-13(9)20(22)23)14(21)8-26-16-19-18-15(24-16)6-12-7-25-10(2)17-12/h3-5,7H,6,8H2,1-2H3. The van der Waals surface area contributed by atoms with Gasteiger partial charge >= 0.3 is 0 Å². The van der Waals surface area contributed by atoms with Crippen LogP contribution in [0.1, 0.15) is 32.5 Å². The van der Waals surface area contributed by atoms with Crippen molar-refractivity contribution in [1.29, 1.82) is 0 Å². The molecular formula is C16H14N4O4S2. The van der Waals surface area contributed by atoms with E-state index in [1.165, 1.54) is 6.07 Å². The quantitative estimate of drug-likeness (QED) is 0.260. The van der Waals surface area contributed by atoms with Gasteiger partial charge < -0.3 is 4.42 Å². The Hall–Kier alpha value is -2.59. The average Bonchev–Trinajstić information content (AvgIpc) is 3.22. The van der Waals surface area contributed by atoms with Crippen LogP contribution in [0.25, 0.3) is 0 Å². The number of aryl methyl sites for hydroxylation is 2. The minimum absolute atomic E-state index is 0.0532. The highest BCUT2D eigenvalue weighted by Gasteiger charge is 2.16. The molecule has 0 aliphatic rings. The number of carbonyl (C=O) groups is 1. The molecule has 2 aromatic heterocycles. The SMILES string of the molecule is Cc1nc(Cc2nnc(SCC(=O)c3ccc(C)c([N+](=O)[O-])c3)o2)cs1. The van der Waals surface area contributed by atoms with E-state index in [1.807, 2.05) is 12.3 Å². The van der Waals surface area contributed by atoms with Gasteiger partial charge in [-0.05, 0) is 13.8 Å².